The Balaban J connectivity index is 1.44. The van der Waals surface area contributed by atoms with E-state index >= 15 is 0 Å². The van der Waals surface area contributed by atoms with Crippen molar-refractivity contribution in [3.8, 4) is 0 Å². The van der Waals surface area contributed by atoms with Crippen LogP contribution in [0.4, 0.5) is 15.8 Å². The first-order valence-electron chi connectivity index (χ1n) is 9.26. The molecule has 1 atom stereocenters. The number of nitrogens with one attached hydrogen (secondary N) is 3. The quantitative estimate of drug-likeness (QED) is 0.668. The number of rotatable bonds is 6. The van der Waals surface area contributed by atoms with Crippen molar-refractivity contribution in [2.45, 2.75) is 30.7 Å². The minimum Gasteiger partial charge on any atom is -0.371 e. The summed E-state index contributed by atoms with van der Waals surface area (Å²) in [6.45, 7) is 0. The van der Waals surface area contributed by atoms with Crippen LogP contribution in [0, 0.1) is 5.82 Å². The topological polar surface area (TPSA) is 104 Å². The molecule has 4 rings (SSSR count). The second-order valence-corrected chi connectivity index (χ2v) is 9.48. The normalized spacial score (nSPS) is 18.4. The SMILES string of the molecule is O=C(NC1CC1)c1ccc2c(c1)NC(=O)C(CS(=O)(=O)Cc1ccc(F)cc1)N2. The zero-order chi connectivity index (χ0) is 20.6. The number of fused-ring (bicyclic) bond motifs is 1. The number of anilines is 2. The van der Waals surface area contributed by atoms with Crippen LogP contribution in [-0.4, -0.2) is 38.1 Å². The third kappa shape index (κ3) is 4.73. The monoisotopic (exact) mass is 417 g/mol. The summed E-state index contributed by atoms with van der Waals surface area (Å²) in [6.07, 6.45) is 1.95. The largest absolute Gasteiger partial charge is 0.371 e. The van der Waals surface area contributed by atoms with Gasteiger partial charge in [0, 0.05) is 11.6 Å². The summed E-state index contributed by atoms with van der Waals surface area (Å²) in [6, 6.07) is 9.33. The second-order valence-electron chi connectivity index (χ2n) is 7.38. The van der Waals surface area contributed by atoms with Gasteiger partial charge < -0.3 is 16.0 Å². The number of benzene rings is 2. The molecular weight excluding hydrogens is 397 g/mol. The van der Waals surface area contributed by atoms with Gasteiger partial charge in [0.15, 0.2) is 9.84 Å². The van der Waals surface area contributed by atoms with Crippen LogP contribution in [0.25, 0.3) is 0 Å². The molecule has 0 saturated heterocycles. The highest BCUT2D eigenvalue weighted by atomic mass is 32.2. The lowest BCUT2D eigenvalue weighted by molar-refractivity contribution is -0.116. The van der Waals surface area contributed by atoms with Crippen LogP contribution in [0.15, 0.2) is 42.5 Å². The van der Waals surface area contributed by atoms with Crippen LogP contribution >= 0.6 is 0 Å². The molecule has 3 N–H and O–H groups in total. The molecule has 0 bridgehead atoms. The number of amides is 2. The van der Waals surface area contributed by atoms with Crippen LogP contribution in [0.2, 0.25) is 0 Å². The van der Waals surface area contributed by atoms with Gasteiger partial charge in [-0.1, -0.05) is 12.1 Å². The smallest absolute Gasteiger partial charge is 0.251 e. The summed E-state index contributed by atoms with van der Waals surface area (Å²) >= 11 is 0. The zero-order valence-electron chi connectivity index (χ0n) is 15.4. The van der Waals surface area contributed by atoms with Crippen molar-refractivity contribution in [1.82, 2.24) is 5.32 Å². The molecule has 0 spiro atoms. The van der Waals surface area contributed by atoms with Crippen molar-refractivity contribution in [3.05, 3.63) is 59.4 Å². The highest BCUT2D eigenvalue weighted by Gasteiger charge is 2.31. The molecule has 0 radical (unpaired) electrons. The Hall–Kier alpha value is -2.94. The van der Waals surface area contributed by atoms with E-state index in [-0.39, 0.29) is 17.7 Å². The summed E-state index contributed by atoms with van der Waals surface area (Å²) in [5.74, 6) is -1.82. The van der Waals surface area contributed by atoms with Gasteiger partial charge in [0.25, 0.3) is 5.91 Å². The van der Waals surface area contributed by atoms with E-state index < -0.39 is 33.4 Å². The van der Waals surface area contributed by atoms with E-state index in [2.05, 4.69) is 16.0 Å². The summed E-state index contributed by atoms with van der Waals surface area (Å²) < 4.78 is 38.0. The molecule has 9 heteroatoms. The lowest BCUT2D eigenvalue weighted by atomic mass is 10.1. The number of carbonyl (C=O) groups is 2. The minimum atomic E-state index is -3.62. The molecule has 1 heterocycles. The summed E-state index contributed by atoms with van der Waals surface area (Å²) in [4.78, 5) is 24.6. The molecule has 2 aromatic carbocycles. The maximum absolute atomic E-state index is 13.0. The van der Waals surface area contributed by atoms with Gasteiger partial charge in [-0.3, -0.25) is 9.59 Å². The lowest BCUT2D eigenvalue weighted by Crippen LogP contribution is -2.43. The van der Waals surface area contributed by atoms with E-state index in [1.54, 1.807) is 18.2 Å². The molecule has 1 aliphatic heterocycles. The first kappa shape index (κ1) is 19.4. The van der Waals surface area contributed by atoms with Gasteiger partial charge in [-0.15, -0.1) is 0 Å². The predicted octanol–water partition coefficient (Wildman–Crippen LogP) is 2.07. The first-order valence-corrected chi connectivity index (χ1v) is 11.1. The molecule has 2 aromatic rings. The molecular formula is C20H20FN3O4S. The fraction of sp³-hybridized carbons (Fsp3) is 0.300. The van der Waals surface area contributed by atoms with Crippen LogP contribution in [0.1, 0.15) is 28.8 Å². The second kappa shape index (κ2) is 7.47. The fourth-order valence-electron chi connectivity index (χ4n) is 3.15. The summed E-state index contributed by atoms with van der Waals surface area (Å²) in [5, 5.41) is 8.49. The van der Waals surface area contributed by atoms with Crippen LogP contribution in [0.3, 0.4) is 0 Å². The molecule has 2 amide bonds. The molecule has 0 aromatic heterocycles. The summed E-state index contributed by atoms with van der Waals surface area (Å²) in [5.41, 5.74) is 1.87. The van der Waals surface area contributed by atoms with E-state index in [0.717, 1.165) is 12.8 Å². The Bertz CT molecular complexity index is 1070. The van der Waals surface area contributed by atoms with Gasteiger partial charge in [0.1, 0.15) is 11.9 Å². The molecule has 1 saturated carbocycles. The van der Waals surface area contributed by atoms with Crippen molar-refractivity contribution in [2.24, 2.45) is 0 Å². The lowest BCUT2D eigenvalue weighted by Gasteiger charge is -2.27. The van der Waals surface area contributed by atoms with Crippen molar-refractivity contribution in [3.63, 3.8) is 0 Å². The number of halogens is 1. The number of carbonyl (C=O) groups excluding carboxylic acids is 2. The average molecular weight is 417 g/mol. The molecule has 29 heavy (non-hydrogen) atoms. The van der Waals surface area contributed by atoms with E-state index in [1.807, 2.05) is 0 Å². The summed E-state index contributed by atoms with van der Waals surface area (Å²) in [7, 11) is -3.62. The van der Waals surface area contributed by atoms with E-state index in [4.69, 9.17) is 0 Å². The van der Waals surface area contributed by atoms with Gasteiger partial charge in [-0.05, 0) is 48.7 Å². The van der Waals surface area contributed by atoms with E-state index in [9.17, 15) is 22.4 Å². The van der Waals surface area contributed by atoms with Gasteiger partial charge in [-0.25, -0.2) is 12.8 Å². The van der Waals surface area contributed by atoms with E-state index in [1.165, 1.54) is 24.3 Å². The third-order valence-corrected chi connectivity index (χ3v) is 6.43. The Morgan fingerprint density at radius 3 is 2.52 bits per heavy atom. The van der Waals surface area contributed by atoms with E-state index in [0.29, 0.717) is 22.5 Å². The van der Waals surface area contributed by atoms with Crippen molar-refractivity contribution in [2.75, 3.05) is 16.4 Å². The van der Waals surface area contributed by atoms with Crippen molar-refractivity contribution < 1.29 is 22.4 Å². The minimum absolute atomic E-state index is 0.200. The maximum atomic E-state index is 13.0. The van der Waals surface area contributed by atoms with Gasteiger partial charge in [0.2, 0.25) is 5.91 Å². The Kier molecular flexibility index (Phi) is 4.99. The molecule has 1 fully saturated rings. The van der Waals surface area contributed by atoms with Gasteiger partial charge >= 0.3 is 0 Å². The first-order chi connectivity index (χ1) is 13.8. The van der Waals surface area contributed by atoms with Crippen LogP contribution in [-0.2, 0) is 20.4 Å². The highest BCUT2D eigenvalue weighted by Crippen LogP contribution is 2.29. The average Bonchev–Trinajstić information content (AvgIpc) is 3.47. The van der Waals surface area contributed by atoms with Gasteiger partial charge in [0.05, 0.1) is 22.9 Å². The molecule has 1 aliphatic carbocycles. The Morgan fingerprint density at radius 1 is 1.10 bits per heavy atom. The van der Waals surface area contributed by atoms with Crippen LogP contribution < -0.4 is 16.0 Å². The van der Waals surface area contributed by atoms with Crippen molar-refractivity contribution >= 4 is 33.0 Å². The zero-order valence-corrected chi connectivity index (χ0v) is 16.3. The Morgan fingerprint density at radius 2 is 1.83 bits per heavy atom. The number of sulfone groups is 1. The molecule has 7 nitrogen and oxygen atoms in total. The molecule has 1 unspecified atom stereocenters. The molecule has 152 valence electrons. The highest BCUT2D eigenvalue weighted by molar-refractivity contribution is 7.90. The van der Waals surface area contributed by atoms with Crippen LogP contribution in [0.5, 0.6) is 0 Å². The van der Waals surface area contributed by atoms with Crippen molar-refractivity contribution in [1.29, 1.82) is 0 Å². The molecule has 2 aliphatic rings. The maximum Gasteiger partial charge on any atom is 0.251 e. The predicted molar refractivity (Wildman–Crippen MR) is 107 cm³/mol. The fourth-order valence-corrected chi connectivity index (χ4v) is 4.71. The number of hydrogen-bond donors (Lipinski definition) is 3. The Labute approximate surface area is 167 Å². The third-order valence-electron chi connectivity index (χ3n) is 4.82. The standard InChI is InChI=1S/C20H20FN3O4S/c21-14-4-1-12(2-5-14)10-29(27,28)11-18-20(26)24-17-9-13(3-8-16(17)23-18)19(25)22-15-6-7-15/h1-5,8-9,15,18,23H,6-7,10-11H2,(H,22,25)(H,24,26). The van der Waals surface area contributed by atoms with Gasteiger partial charge in [-0.2, -0.15) is 0 Å². The number of hydrogen-bond acceptors (Lipinski definition) is 5.